The molecule has 3 aromatic carbocycles. The summed E-state index contributed by atoms with van der Waals surface area (Å²) in [5, 5.41) is 0. The lowest BCUT2D eigenvalue weighted by atomic mass is 9.93. The zero-order valence-electron chi connectivity index (χ0n) is 16.6. The van der Waals surface area contributed by atoms with Crippen LogP contribution in [0.1, 0.15) is 33.2 Å². The highest BCUT2D eigenvalue weighted by molar-refractivity contribution is 6.09. The van der Waals surface area contributed by atoms with E-state index in [9.17, 15) is 9.59 Å². The largest absolute Gasteiger partial charge is 0.496 e. The maximum atomic E-state index is 12.4. The molecule has 0 heterocycles. The van der Waals surface area contributed by atoms with E-state index in [-0.39, 0.29) is 11.3 Å². The van der Waals surface area contributed by atoms with Gasteiger partial charge in [-0.05, 0) is 24.6 Å². The Morgan fingerprint density at radius 1 is 0.862 bits per heavy atom. The average Bonchev–Trinajstić information content (AvgIpc) is 2.77. The summed E-state index contributed by atoms with van der Waals surface area (Å²) in [5.41, 5.74) is 2.82. The summed E-state index contributed by atoms with van der Waals surface area (Å²) in [6.07, 6.45) is 0. The Morgan fingerprint density at radius 3 is 2.28 bits per heavy atom. The lowest BCUT2D eigenvalue weighted by Gasteiger charge is -2.16. The van der Waals surface area contributed by atoms with Gasteiger partial charge < -0.3 is 14.2 Å². The monoisotopic (exact) mass is 390 g/mol. The molecule has 0 aliphatic heterocycles. The Labute approximate surface area is 169 Å². The number of methoxy groups -OCH3 is 2. The molecule has 3 rings (SSSR count). The maximum Gasteiger partial charge on any atom is 0.339 e. The maximum absolute atomic E-state index is 12.4. The van der Waals surface area contributed by atoms with Crippen molar-refractivity contribution in [1.82, 2.24) is 0 Å². The third-order valence-electron chi connectivity index (χ3n) is 4.54. The Balaban J connectivity index is 2.00. The summed E-state index contributed by atoms with van der Waals surface area (Å²) < 4.78 is 16.3. The number of benzene rings is 3. The third kappa shape index (κ3) is 4.46. The van der Waals surface area contributed by atoms with Crippen LogP contribution in [0.4, 0.5) is 0 Å². The van der Waals surface area contributed by atoms with E-state index in [0.717, 1.165) is 5.56 Å². The molecule has 0 unspecified atom stereocenters. The van der Waals surface area contributed by atoms with E-state index in [1.54, 1.807) is 31.4 Å². The van der Waals surface area contributed by atoms with Gasteiger partial charge in [-0.15, -0.1) is 0 Å². The highest BCUT2D eigenvalue weighted by Gasteiger charge is 2.22. The molecule has 0 aromatic heterocycles. The molecule has 5 nitrogen and oxygen atoms in total. The van der Waals surface area contributed by atoms with Crippen molar-refractivity contribution in [2.24, 2.45) is 0 Å². The van der Waals surface area contributed by atoms with Crippen LogP contribution in [0, 0.1) is 0 Å². The van der Waals surface area contributed by atoms with Gasteiger partial charge in [0.25, 0.3) is 0 Å². The number of hydrogen-bond donors (Lipinski definition) is 0. The highest BCUT2D eigenvalue weighted by Crippen LogP contribution is 2.37. The molecule has 0 fully saturated rings. The fourth-order valence-corrected chi connectivity index (χ4v) is 3.12. The van der Waals surface area contributed by atoms with Crippen LogP contribution >= 0.6 is 0 Å². The summed E-state index contributed by atoms with van der Waals surface area (Å²) in [6, 6.07) is 20.3. The molecule has 0 atom stereocenters. The van der Waals surface area contributed by atoms with E-state index < -0.39 is 5.97 Å². The van der Waals surface area contributed by atoms with Crippen LogP contribution < -0.4 is 9.47 Å². The van der Waals surface area contributed by atoms with Gasteiger partial charge in [0, 0.05) is 22.8 Å². The van der Waals surface area contributed by atoms with Crippen molar-refractivity contribution in [2.45, 2.75) is 13.5 Å². The van der Waals surface area contributed by atoms with E-state index >= 15 is 0 Å². The molecule has 29 heavy (non-hydrogen) atoms. The lowest BCUT2D eigenvalue weighted by molar-refractivity contribution is 0.0598. The minimum absolute atomic E-state index is 0.214. The Morgan fingerprint density at radius 2 is 1.62 bits per heavy atom. The topological polar surface area (TPSA) is 61.8 Å². The van der Waals surface area contributed by atoms with E-state index in [1.165, 1.54) is 14.0 Å². The van der Waals surface area contributed by atoms with E-state index in [2.05, 4.69) is 0 Å². The molecular weight excluding hydrogens is 368 g/mol. The molecule has 0 N–H and O–H groups in total. The smallest absolute Gasteiger partial charge is 0.339 e. The van der Waals surface area contributed by atoms with Crippen LogP contribution in [0.3, 0.4) is 0 Å². The molecule has 0 aliphatic rings. The van der Waals surface area contributed by atoms with Crippen LogP contribution in [0.25, 0.3) is 11.1 Å². The number of rotatable bonds is 7. The summed E-state index contributed by atoms with van der Waals surface area (Å²) in [4.78, 5) is 24.5. The summed E-state index contributed by atoms with van der Waals surface area (Å²) >= 11 is 0. The minimum Gasteiger partial charge on any atom is -0.496 e. The molecule has 148 valence electrons. The van der Waals surface area contributed by atoms with Gasteiger partial charge in [-0.3, -0.25) is 4.79 Å². The number of Topliss-reactive ketones (excluding diaryl/α,β-unsaturated/α-hetero) is 1. The summed E-state index contributed by atoms with van der Waals surface area (Å²) in [7, 11) is 2.84. The number of ketones is 1. The third-order valence-corrected chi connectivity index (χ3v) is 4.54. The quantitative estimate of drug-likeness (QED) is 0.423. The van der Waals surface area contributed by atoms with Gasteiger partial charge in [0.05, 0.1) is 19.8 Å². The van der Waals surface area contributed by atoms with Gasteiger partial charge in [-0.2, -0.15) is 0 Å². The summed E-state index contributed by atoms with van der Waals surface area (Å²) in [5.74, 6) is 0.379. The predicted molar refractivity (Wildman–Crippen MR) is 111 cm³/mol. The van der Waals surface area contributed by atoms with Crippen molar-refractivity contribution >= 4 is 11.8 Å². The van der Waals surface area contributed by atoms with Gasteiger partial charge in [0.1, 0.15) is 18.1 Å². The normalized spacial score (nSPS) is 10.3. The van der Waals surface area contributed by atoms with Crippen LogP contribution in [0.15, 0.2) is 66.7 Å². The molecule has 0 amide bonds. The van der Waals surface area contributed by atoms with Crippen molar-refractivity contribution in [3.8, 4) is 22.6 Å². The molecule has 0 spiro atoms. The number of carbonyl (C=O) groups is 2. The molecule has 5 heteroatoms. The van der Waals surface area contributed by atoms with Crippen molar-refractivity contribution in [1.29, 1.82) is 0 Å². The Bertz CT molecular complexity index is 1020. The fourth-order valence-electron chi connectivity index (χ4n) is 3.12. The lowest BCUT2D eigenvalue weighted by Crippen LogP contribution is -2.11. The second-order valence-electron chi connectivity index (χ2n) is 6.41. The number of carbonyl (C=O) groups excluding carboxylic acids is 2. The number of esters is 1. The molecule has 0 aliphatic carbocycles. The molecule has 0 radical (unpaired) electrons. The Kier molecular flexibility index (Phi) is 6.29. The standard InChI is InChI=1S/C24H22O5/c1-16(25)19-10-7-11-21(23(19)24(26)28-3)20-13-12-18(14-22(20)27-2)29-15-17-8-5-4-6-9-17/h4-14H,15H2,1-3H3. The van der Waals surface area contributed by atoms with Gasteiger partial charge in [-0.25, -0.2) is 4.79 Å². The average molecular weight is 390 g/mol. The first-order valence-corrected chi connectivity index (χ1v) is 9.12. The number of hydrogen-bond acceptors (Lipinski definition) is 5. The first kappa shape index (κ1) is 20.1. The second-order valence-corrected chi connectivity index (χ2v) is 6.41. The van der Waals surface area contributed by atoms with Crippen molar-refractivity contribution in [3.05, 3.63) is 83.4 Å². The van der Waals surface area contributed by atoms with Gasteiger partial charge >= 0.3 is 5.97 Å². The summed E-state index contributed by atoms with van der Waals surface area (Å²) in [6.45, 7) is 1.85. The minimum atomic E-state index is -0.572. The van der Waals surface area contributed by atoms with Crippen LogP contribution in [0.2, 0.25) is 0 Å². The van der Waals surface area contributed by atoms with E-state index in [1.807, 2.05) is 42.5 Å². The molecule has 0 saturated heterocycles. The Hall–Kier alpha value is -3.60. The highest BCUT2D eigenvalue weighted by atomic mass is 16.5. The van der Waals surface area contributed by atoms with E-state index in [0.29, 0.717) is 34.8 Å². The molecule has 0 bridgehead atoms. The number of ether oxygens (including phenoxy) is 3. The first-order valence-electron chi connectivity index (χ1n) is 9.12. The zero-order chi connectivity index (χ0) is 20.8. The zero-order valence-corrected chi connectivity index (χ0v) is 16.6. The van der Waals surface area contributed by atoms with Gasteiger partial charge in [0.15, 0.2) is 5.78 Å². The van der Waals surface area contributed by atoms with Crippen molar-refractivity contribution < 1.29 is 23.8 Å². The second kappa shape index (κ2) is 9.06. The van der Waals surface area contributed by atoms with Crippen LogP contribution in [-0.2, 0) is 11.3 Å². The van der Waals surface area contributed by atoms with Crippen LogP contribution in [-0.4, -0.2) is 26.0 Å². The van der Waals surface area contributed by atoms with Gasteiger partial charge in [0.2, 0.25) is 0 Å². The molecule has 0 saturated carbocycles. The SMILES string of the molecule is COC(=O)c1c(C(C)=O)cccc1-c1ccc(OCc2ccccc2)cc1OC. The van der Waals surface area contributed by atoms with Crippen molar-refractivity contribution in [3.63, 3.8) is 0 Å². The predicted octanol–water partition coefficient (Wildman–Crippen LogP) is 4.93. The van der Waals surface area contributed by atoms with Crippen LogP contribution in [0.5, 0.6) is 11.5 Å². The van der Waals surface area contributed by atoms with E-state index in [4.69, 9.17) is 14.2 Å². The molecular formula is C24H22O5. The van der Waals surface area contributed by atoms with Crippen molar-refractivity contribution in [2.75, 3.05) is 14.2 Å². The first-order chi connectivity index (χ1) is 14.0. The fraction of sp³-hybridized carbons (Fsp3) is 0.167. The van der Waals surface area contributed by atoms with Gasteiger partial charge in [-0.1, -0.05) is 48.5 Å². The molecule has 3 aromatic rings.